The summed E-state index contributed by atoms with van der Waals surface area (Å²) in [7, 11) is 0. The lowest BCUT2D eigenvalue weighted by atomic mass is 9.81. The first-order valence-corrected chi connectivity index (χ1v) is 12.3. The Balaban J connectivity index is 1.92. The highest BCUT2D eigenvalue weighted by atomic mass is 79.9. The van der Waals surface area contributed by atoms with Crippen molar-refractivity contribution in [3.05, 3.63) is 97.7 Å². The second-order valence-electron chi connectivity index (χ2n) is 8.09. The van der Waals surface area contributed by atoms with Crippen molar-refractivity contribution in [2.45, 2.75) is 26.7 Å². The molecule has 2 N–H and O–H groups in total. The number of aryl methyl sites for hydroxylation is 2. The van der Waals surface area contributed by atoms with Crippen LogP contribution < -0.4 is 4.74 Å². The van der Waals surface area contributed by atoms with Gasteiger partial charge < -0.3 is 14.7 Å². The molecule has 0 saturated heterocycles. The first kappa shape index (κ1) is 21.4. The zero-order chi connectivity index (χ0) is 22.4. The summed E-state index contributed by atoms with van der Waals surface area (Å²) < 4.78 is 8.18. The summed E-state index contributed by atoms with van der Waals surface area (Å²) in [5.41, 5.74) is 8.32. The minimum atomic E-state index is -0.0161. The highest BCUT2D eigenvalue weighted by Gasteiger charge is 2.30. The fourth-order valence-electron chi connectivity index (χ4n) is 4.89. The van der Waals surface area contributed by atoms with Crippen LogP contribution in [0.25, 0.3) is 21.8 Å². The lowest BCUT2D eigenvalue weighted by Crippen LogP contribution is -2.09. The third-order valence-corrected chi connectivity index (χ3v) is 7.15. The Morgan fingerprint density at radius 1 is 0.812 bits per heavy atom. The number of nitrogens with one attached hydrogen (secondary N) is 2. The van der Waals surface area contributed by atoms with Crippen LogP contribution in [0.4, 0.5) is 0 Å². The maximum absolute atomic E-state index is 6.22. The number of hydrogen-bond donors (Lipinski definition) is 2. The van der Waals surface area contributed by atoms with Gasteiger partial charge in [-0.15, -0.1) is 0 Å². The standard InChI is InChI=1S/C27H24Br2N2O/c1-4-32-27-20(13-17(28)14-21(27)29)26(24-15(2)30-22-11-7-5-9-18(22)24)25-16(3)31-23-12-8-6-10-19(23)25/h5-14,26,30-31H,4H2,1-3H3. The van der Waals surface area contributed by atoms with Crippen LogP contribution in [-0.2, 0) is 0 Å². The molecule has 5 heteroatoms. The van der Waals surface area contributed by atoms with E-state index in [1.165, 1.54) is 33.3 Å². The van der Waals surface area contributed by atoms with Gasteiger partial charge in [0.15, 0.2) is 0 Å². The molecule has 0 spiro atoms. The molecule has 0 atom stereocenters. The maximum Gasteiger partial charge on any atom is 0.137 e. The molecule has 162 valence electrons. The van der Waals surface area contributed by atoms with Crippen molar-refractivity contribution in [2.24, 2.45) is 0 Å². The number of para-hydroxylation sites is 2. The van der Waals surface area contributed by atoms with Crippen LogP contribution in [0.15, 0.2) is 69.6 Å². The molecule has 0 radical (unpaired) electrons. The molecule has 5 aromatic rings. The molecule has 2 heterocycles. The van der Waals surface area contributed by atoms with Gasteiger partial charge in [-0.2, -0.15) is 0 Å². The van der Waals surface area contributed by atoms with E-state index in [0.717, 1.165) is 31.3 Å². The topological polar surface area (TPSA) is 40.8 Å². The van der Waals surface area contributed by atoms with Crippen molar-refractivity contribution in [3.63, 3.8) is 0 Å². The quantitative estimate of drug-likeness (QED) is 0.226. The molecule has 3 aromatic carbocycles. The summed E-state index contributed by atoms with van der Waals surface area (Å²) in [5, 5.41) is 2.47. The van der Waals surface area contributed by atoms with Crippen LogP contribution in [-0.4, -0.2) is 16.6 Å². The van der Waals surface area contributed by atoms with E-state index in [1.807, 2.05) is 6.92 Å². The van der Waals surface area contributed by atoms with E-state index in [-0.39, 0.29) is 5.92 Å². The van der Waals surface area contributed by atoms with Gasteiger partial charge in [0.1, 0.15) is 5.75 Å². The lowest BCUT2D eigenvalue weighted by Gasteiger charge is -2.24. The van der Waals surface area contributed by atoms with Gasteiger partial charge in [-0.3, -0.25) is 0 Å². The van der Waals surface area contributed by atoms with Crippen molar-refractivity contribution in [1.29, 1.82) is 0 Å². The Morgan fingerprint density at radius 2 is 1.34 bits per heavy atom. The van der Waals surface area contributed by atoms with Crippen LogP contribution in [0.5, 0.6) is 5.75 Å². The van der Waals surface area contributed by atoms with E-state index < -0.39 is 0 Å². The molecule has 2 aromatic heterocycles. The summed E-state index contributed by atoms with van der Waals surface area (Å²) in [4.78, 5) is 7.23. The number of H-pyrrole nitrogens is 2. The third-order valence-electron chi connectivity index (χ3n) is 6.10. The Hall–Kier alpha value is -2.50. The predicted octanol–water partition coefficient (Wildman–Crippen LogP) is 8.37. The normalized spacial score (nSPS) is 11.7. The van der Waals surface area contributed by atoms with Crippen molar-refractivity contribution >= 4 is 53.7 Å². The molecule has 0 amide bonds. The van der Waals surface area contributed by atoms with Gasteiger partial charge in [-0.1, -0.05) is 52.3 Å². The average molecular weight is 552 g/mol. The monoisotopic (exact) mass is 550 g/mol. The van der Waals surface area contributed by atoms with Gasteiger partial charge in [0.25, 0.3) is 0 Å². The molecule has 0 unspecified atom stereocenters. The van der Waals surface area contributed by atoms with E-state index in [9.17, 15) is 0 Å². The van der Waals surface area contributed by atoms with Gasteiger partial charge in [-0.25, -0.2) is 0 Å². The summed E-state index contributed by atoms with van der Waals surface area (Å²) in [6.07, 6.45) is 0. The second-order valence-corrected chi connectivity index (χ2v) is 9.86. The van der Waals surface area contributed by atoms with E-state index in [2.05, 4.69) is 116 Å². The summed E-state index contributed by atoms with van der Waals surface area (Å²) in [6.45, 7) is 6.96. The van der Waals surface area contributed by atoms with E-state index in [1.54, 1.807) is 0 Å². The molecule has 32 heavy (non-hydrogen) atoms. The van der Waals surface area contributed by atoms with E-state index in [4.69, 9.17) is 4.74 Å². The molecular formula is C27H24Br2N2O. The molecule has 0 aliphatic carbocycles. The molecule has 0 aliphatic rings. The largest absolute Gasteiger partial charge is 0.492 e. The minimum absolute atomic E-state index is 0.0161. The number of aromatic nitrogens is 2. The fourth-order valence-corrected chi connectivity index (χ4v) is 6.26. The van der Waals surface area contributed by atoms with Crippen molar-refractivity contribution in [1.82, 2.24) is 9.97 Å². The van der Waals surface area contributed by atoms with E-state index in [0.29, 0.717) is 6.61 Å². The summed E-state index contributed by atoms with van der Waals surface area (Å²) >= 11 is 7.49. The van der Waals surface area contributed by atoms with E-state index >= 15 is 0 Å². The number of ether oxygens (including phenoxy) is 1. The zero-order valence-corrected chi connectivity index (χ0v) is 21.4. The molecule has 0 aliphatic heterocycles. The molecule has 0 saturated carbocycles. The average Bonchev–Trinajstić information content (AvgIpc) is 3.27. The highest BCUT2D eigenvalue weighted by molar-refractivity contribution is 9.11. The van der Waals surface area contributed by atoms with Gasteiger partial charge in [0.2, 0.25) is 0 Å². The smallest absolute Gasteiger partial charge is 0.137 e. The molecule has 0 fully saturated rings. The number of aromatic amines is 2. The number of benzene rings is 3. The highest BCUT2D eigenvalue weighted by Crippen LogP contribution is 2.48. The third kappa shape index (κ3) is 3.48. The van der Waals surface area contributed by atoms with Crippen molar-refractivity contribution in [3.8, 4) is 5.75 Å². The zero-order valence-electron chi connectivity index (χ0n) is 18.2. The maximum atomic E-state index is 6.22. The molecule has 0 bridgehead atoms. The van der Waals surface area contributed by atoms with Crippen LogP contribution in [0, 0.1) is 13.8 Å². The van der Waals surface area contributed by atoms with Crippen LogP contribution in [0.1, 0.15) is 40.9 Å². The summed E-state index contributed by atoms with van der Waals surface area (Å²) in [5.74, 6) is 0.868. The van der Waals surface area contributed by atoms with Crippen LogP contribution >= 0.6 is 31.9 Å². The minimum Gasteiger partial charge on any atom is -0.492 e. The number of fused-ring (bicyclic) bond motifs is 2. The SMILES string of the molecule is CCOc1c(Br)cc(Br)cc1C(c1c(C)[nH]c2ccccc12)c1c(C)[nH]c2ccccc12. The number of rotatable bonds is 5. The van der Waals surface area contributed by atoms with Gasteiger partial charge in [0.05, 0.1) is 11.1 Å². The van der Waals surface area contributed by atoms with Gasteiger partial charge in [-0.05, 0) is 72.1 Å². The van der Waals surface area contributed by atoms with Gasteiger partial charge in [0, 0.05) is 49.1 Å². The Morgan fingerprint density at radius 3 is 1.88 bits per heavy atom. The van der Waals surface area contributed by atoms with Gasteiger partial charge >= 0.3 is 0 Å². The van der Waals surface area contributed by atoms with Crippen LogP contribution in [0.2, 0.25) is 0 Å². The Bertz CT molecular complexity index is 1370. The molecular weight excluding hydrogens is 528 g/mol. The number of halogens is 2. The lowest BCUT2D eigenvalue weighted by molar-refractivity contribution is 0.334. The van der Waals surface area contributed by atoms with Crippen LogP contribution in [0.3, 0.4) is 0 Å². The first-order chi connectivity index (χ1) is 15.5. The molecule has 3 nitrogen and oxygen atoms in total. The van der Waals surface area contributed by atoms with Crippen molar-refractivity contribution < 1.29 is 4.74 Å². The molecule has 5 rings (SSSR count). The predicted molar refractivity (Wildman–Crippen MR) is 140 cm³/mol. The fraction of sp³-hybridized carbons (Fsp3) is 0.185. The Labute approximate surface area is 204 Å². The summed E-state index contributed by atoms with van der Waals surface area (Å²) in [6, 6.07) is 21.3. The van der Waals surface area contributed by atoms with Crippen molar-refractivity contribution in [2.75, 3.05) is 6.61 Å². The Kier molecular flexibility index (Phi) is 5.64. The first-order valence-electron chi connectivity index (χ1n) is 10.8. The number of hydrogen-bond acceptors (Lipinski definition) is 1. The second kappa shape index (κ2) is 8.45.